The van der Waals surface area contributed by atoms with Crippen LogP contribution in [0.1, 0.15) is 90.4 Å². The Bertz CT molecular complexity index is 535. The summed E-state index contributed by atoms with van der Waals surface area (Å²) in [5, 5.41) is 9.30. The maximum Gasteiger partial charge on any atom is 0.315 e. The number of carbonyl (C=O) groups is 2. The van der Waals surface area contributed by atoms with E-state index in [-0.39, 0.29) is 18.0 Å². The van der Waals surface area contributed by atoms with Gasteiger partial charge in [0.1, 0.15) is 0 Å². The summed E-state index contributed by atoms with van der Waals surface area (Å²) in [5.41, 5.74) is 0.364. The third-order valence-electron chi connectivity index (χ3n) is 8.19. The number of carbonyl (C=O) groups excluding carboxylic acids is 2. The largest absolute Gasteiger partial charge is 0.353 e. The second-order valence-electron chi connectivity index (χ2n) is 10.4. The Balaban J connectivity index is 1.13. The van der Waals surface area contributed by atoms with Crippen LogP contribution in [0.15, 0.2) is 0 Å². The second kappa shape index (κ2) is 8.62. The van der Waals surface area contributed by atoms with Crippen LogP contribution in [0.4, 0.5) is 4.79 Å². The van der Waals surface area contributed by atoms with Gasteiger partial charge in [-0.25, -0.2) is 4.79 Å². The smallest absolute Gasteiger partial charge is 0.315 e. The van der Waals surface area contributed by atoms with E-state index in [1.165, 1.54) is 57.8 Å². The summed E-state index contributed by atoms with van der Waals surface area (Å²) in [6.07, 6.45) is 15.4. The lowest BCUT2D eigenvalue weighted by molar-refractivity contribution is -0.126. The van der Waals surface area contributed by atoms with E-state index in [9.17, 15) is 9.59 Å². The summed E-state index contributed by atoms with van der Waals surface area (Å²) >= 11 is 0. The fourth-order valence-electron chi connectivity index (χ4n) is 7.11. The minimum absolute atomic E-state index is 0.0748. The minimum Gasteiger partial charge on any atom is -0.353 e. The van der Waals surface area contributed by atoms with Gasteiger partial charge < -0.3 is 16.0 Å². The Labute approximate surface area is 170 Å². The quantitative estimate of drug-likeness (QED) is 0.573. The van der Waals surface area contributed by atoms with Crippen LogP contribution in [-0.4, -0.2) is 30.6 Å². The summed E-state index contributed by atoms with van der Waals surface area (Å²) in [6, 6.07) is 0.545. The van der Waals surface area contributed by atoms with Crippen LogP contribution in [0, 0.1) is 23.2 Å². The van der Waals surface area contributed by atoms with Crippen LogP contribution < -0.4 is 16.0 Å². The van der Waals surface area contributed by atoms with E-state index in [4.69, 9.17) is 0 Å². The van der Waals surface area contributed by atoms with Crippen LogP contribution in [0.25, 0.3) is 0 Å². The maximum absolute atomic E-state index is 12.5. The number of urea groups is 1. The average Bonchev–Trinajstić information content (AvgIpc) is 2.65. The van der Waals surface area contributed by atoms with Gasteiger partial charge in [-0.1, -0.05) is 19.3 Å². The molecular weight excluding hydrogens is 350 g/mol. The number of nitrogens with one attached hydrogen (secondary N) is 3. The maximum atomic E-state index is 12.5. The van der Waals surface area contributed by atoms with Gasteiger partial charge in [-0.05, 0) is 87.9 Å². The van der Waals surface area contributed by atoms with Crippen molar-refractivity contribution in [3.63, 3.8) is 0 Å². The Morgan fingerprint density at radius 2 is 1.57 bits per heavy atom. The van der Waals surface area contributed by atoms with Crippen molar-refractivity contribution in [1.82, 2.24) is 16.0 Å². The molecular formula is C23H39N3O2. The Hall–Kier alpha value is -1.26. The first-order chi connectivity index (χ1) is 13.5. The number of hydrogen-bond donors (Lipinski definition) is 3. The molecule has 5 heteroatoms. The predicted octanol–water partition coefficient (Wildman–Crippen LogP) is 4.12. The first-order valence-corrected chi connectivity index (χ1v) is 11.9. The molecule has 0 spiro atoms. The molecule has 5 nitrogen and oxygen atoms in total. The van der Waals surface area contributed by atoms with Crippen LogP contribution >= 0.6 is 0 Å². The van der Waals surface area contributed by atoms with E-state index in [0.717, 1.165) is 30.6 Å². The molecule has 0 heterocycles. The van der Waals surface area contributed by atoms with E-state index in [1.807, 2.05) is 0 Å². The van der Waals surface area contributed by atoms with Crippen molar-refractivity contribution in [2.24, 2.45) is 23.2 Å². The minimum atomic E-state index is -0.0748. The highest BCUT2D eigenvalue weighted by molar-refractivity contribution is 5.76. The molecule has 1 atom stereocenters. The molecule has 5 aliphatic rings. The molecule has 3 amide bonds. The first-order valence-electron chi connectivity index (χ1n) is 11.9. The summed E-state index contributed by atoms with van der Waals surface area (Å²) in [5.74, 6) is 2.89. The molecule has 0 unspecified atom stereocenters. The van der Waals surface area contributed by atoms with Crippen LogP contribution in [0.2, 0.25) is 0 Å². The molecule has 4 bridgehead atoms. The number of rotatable bonds is 7. The molecule has 3 N–H and O–H groups in total. The summed E-state index contributed by atoms with van der Waals surface area (Å²) in [7, 11) is 0. The predicted molar refractivity (Wildman–Crippen MR) is 111 cm³/mol. The van der Waals surface area contributed by atoms with Crippen LogP contribution in [-0.2, 0) is 4.79 Å². The third kappa shape index (κ3) is 4.65. The fourth-order valence-corrected chi connectivity index (χ4v) is 7.11. The molecule has 28 heavy (non-hydrogen) atoms. The Morgan fingerprint density at radius 1 is 0.964 bits per heavy atom. The summed E-state index contributed by atoms with van der Waals surface area (Å²) < 4.78 is 0. The normalized spacial score (nSPS) is 35.4. The molecule has 0 aromatic carbocycles. The van der Waals surface area contributed by atoms with Crippen LogP contribution in [0.3, 0.4) is 0 Å². The van der Waals surface area contributed by atoms with E-state index < -0.39 is 0 Å². The molecule has 0 radical (unpaired) electrons. The highest BCUT2D eigenvalue weighted by atomic mass is 16.2. The van der Waals surface area contributed by atoms with Gasteiger partial charge in [0.2, 0.25) is 5.91 Å². The zero-order valence-corrected chi connectivity index (χ0v) is 17.6. The first kappa shape index (κ1) is 20.0. The van der Waals surface area contributed by atoms with Crippen molar-refractivity contribution in [1.29, 1.82) is 0 Å². The molecule has 0 aromatic rings. The molecule has 158 valence electrons. The summed E-state index contributed by atoms with van der Waals surface area (Å²) in [6.45, 7) is 2.80. The van der Waals surface area contributed by atoms with Crippen molar-refractivity contribution in [2.45, 2.75) is 102 Å². The molecule has 5 saturated carbocycles. The molecule has 0 aliphatic heterocycles. The number of hydrogen-bond acceptors (Lipinski definition) is 2. The van der Waals surface area contributed by atoms with E-state index >= 15 is 0 Å². The lowest BCUT2D eigenvalue weighted by Crippen LogP contribution is -2.55. The van der Waals surface area contributed by atoms with E-state index in [1.54, 1.807) is 0 Å². The van der Waals surface area contributed by atoms with E-state index in [2.05, 4.69) is 22.9 Å². The molecule has 5 fully saturated rings. The number of amides is 3. The Kier molecular flexibility index (Phi) is 6.17. The second-order valence-corrected chi connectivity index (χ2v) is 10.4. The van der Waals surface area contributed by atoms with Crippen molar-refractivity contribution in [3.8, 4) is 0 Å². The molecule has 5 aliphatic carbocycles. The van der Waals surface area contributed by atoms with Crippen molar-refractivity contribution >= 4 is 11.9 Å². The summed E-state index contributed by atoms with van der Waals surface area (Å²) in [4.78, 5) is 24.4. The van der Waals surface area contributed by atoms with Gasteiger partial charge in [0.15, 0.2) is 0 Å². The topological polar surface area (TPSA) is 70.2 Å². The van der Waals surface area contributed by atoms with Crippen LogP contribution in [0.5, 0.6) is 0 Å². The van der Waals surface area contributed by atoms with Crippen molar-refractivity contribution in [3.05, 3.63) is 0 Å². The standard InChI is InChI=1S/C23H39N3O2/c1-16(23-13-17-10-18(14-23)12-19(11-17)15-23)25-21(27)8-5-9-24-22(28)26-20-6-3-2-4-7-20/h16-20H,2-15H2,1H3,(H,25,27)(H2,24,26,28)/t16-,17?,18?,19?,23?/m1/s1. The highest BCUT2D eigenvalue weighted by Crippen LogP contribution is 2.61. The van der Waals surface area contributed by atoms with E-state index in [0.29, 0.717) is 30.8 Å². The highest BCUT2D eigenvalue weighted by Gasteiger charge is 2.53. The van der Waals surface area contributed by atoms with Crippen molar-refractivity contribution in [2.75, 3.05) is 6.54 Å². The molecule has 5 rings (SSSR count). The SMILES string of the molecule is C[C@@H](NC(=O)CCCNC(=O)NC1CCCCC1)C12CC3CC(CC(C3)C1)C2. The third-order valence-corrected chi connectivity index (χ3v) is 8.19. The average molecular weight is 390 g/mol. The lowest BCUT2D eigenvalue weighted by Gasteiger charge is -2.59. The van der Waals surface area contributed by atoms with Gasteiger partial charge in [-0.15, -0.1) is 0 Å². The fraction of sp³-hybridized carbons (Fsp3) is 0.913. The lowest BCUT2D eigenvalue weighted by atomic mass is 9.48. The van der Waals surface area contributed by atoms with Gasteiger partial charge in [0.05, 0.1) is 0 Å². The molecule has 0 aromatic heterocycles. The monoisotopic (exact) mass is 389 g/mol. The Morgan fingerprint density at radius 3 is 2.18 bits per heavy atom. The van der Waals surface area contributed by atoms with Gasteiger partial charge in [0.25, 0.3) is 0 Å². The van der Waals surface area contributed by atoms with Gasteiger partial charge in [-0.3, -0.25) is 4.79 Å². The van der Waals surface area contributed by atoms with Gasteiger partial charge >= 0.3 is 6.03 Å². The zero-order valence-electron chi connectivity index (χ0n) is 17.6. The zero-order chi connectivity index (χ0) is 19.6. The van der Waals surface area contributed by atoms with Gasteiger partial charge in [-0.2, -0.15) is 0 Å². The molecule has 0 saturated heterocycles. The van der Waals surface area contributed by atoms with Crippen molar-refractivity contribution < 1.29 is 9.59 Å². The van der Waals surface area contributed by atoms with Gasteiger partial charge in [0, 0.05) is 25.0 Å².